The van der Waals surface area contributed by atoms with Gasteiger partial charge in [0.2, 0.25) is 0 Å². The standard InChI is InChI=1S/C8H12N4O/c1-7-8(3-4-9)10-11-12(7)5-2-6-13/h13H,2-3,5-6H2,1H3. The van der Waals surface area contributed by atoms with E-state index in [2.05, 4.69) is 10.3 Å². The first-order valence-electron chi connectivity index (χ1n) is 4.16. The van der Waals surface area contributed by atoms with E-state index in [1.165, 1.54) is 0 Å². The molecule has 0 atom stereocenters. The van der Waals surface area contributed by atoms with Crippen LogP contribution in [0, 0.1) is 18.3 Å². The van der Waals surface area contributed by atoms with Gasteiger partial charge >= 0.3 is 0 Å². The van der Waals surface area contributed by atoms with Crippen LogP contribution in [0.15, 0.2) is 0 Å². The third-order valence-corrected chi connectivity index (χ3v) is 1.85. The SMILES string of the molecule is Cc1c(CC#N)nnn1CCCO. The molecule has 0 aliphatic heterocycles. The van der Waals surface area contributed by atoms with Crippen LogP contribution in [0.4, 0.5) is 0 Å². The number of hydrogen-bond donors (Lipinski definition) is 1. The lowest BCUT2D eigenvalue weighted by Crippen LogP contribution is -2.04. The molecule has 0 saturated heterocycles. The van der Waals surface area contributed by atoms with E-state index in [0.717, 1.165) is 11.4 Å². The van der Waals surface area contributed by atoms with Crippen molar-refractivity contribution in [2.75, 3.05) is 6.61 Å². The Hall–Kier alpha value is -1.41. The van der Waals surface area contributed by atoms with E-state index in [0.29, 0.717) is 19.4 Å². The molecule has 0 amide bonds. The molecule has 1 heterocycles. The van der Waals surface area contributed by atoms with Gasteiger partial charge in [-0.25, -0.2) is 4.68 Å². The Kier molecular flexibility index (Phi) is 3.41. The van der Waals surface area contributed by atoms with Crippen LogP contribution >= 0.6 is 0 Å². The van der Waals surface area contributed by atoms with Gasteiger partial charge in [0.25, 0.3) is 0 Å². The van der Waals surface area contributed by atoms with Crippen LogP contribution in [0.2, 0.25) is 0 Å². The second-order valence-corrected chi connectivity index (χ2v) is 2.76. The molecule has 13 heavy (non-hydrogen) atoms. The van der Waals surface area contributed by atoms with Crippen LogP contribution in [0.3, 0.4) is 0 Å². The summed E-state index contributed by atoms with van der Waals surface area (Å²) in [6.07, 6.45) is 0.959. The minimum absolute atomic E-state index is 0.146. The summed E-state index contributed by atoms with van der Waals surface area (Å²) in [5.41, 5.74) is 1.63. The number of aromatic nitrogens is 3. The number of aliphatic hydroxyl groups excluding tert-OH is 1. The van der Waals surface area contributed by atoms with Crippen LogP contribution in [0.1, 0.15) is 17.8 Å². The lowest BCUT2D eigenvalue weighted by atomic mass is 10.3. The lowest BCUT2D eigenvalue weighted by molar-refractivity contribution is 0.275. The van der Waals surface area contributed by atoms with Crippen molar-refractivity contribution >= 4 is 0 Å². The highest BCUT2D eigenvalue weighted by Gasteiger charge is 2.06. The van der Waals surface area contributed by atoms with Crippen LogP contribution in [-0.2, 0) is 13.0 Å². The van der Waals surface area contributed by atoms with E-state index in [9.17, 15) is 0 Å². The third-order valence-electron chi connectivity index (χ3n) is 1.85. The topological polar surface area (TPSA) is 74.7 Å². The monoisotopic (exact) mass is 180 g/mol. The molecule has 0 fully saturated rings. The van der Waals surface area contributed by atoms with Crippen molar-refractivity contribution in [3.63, 3.8) is 0 Å². The molecule has 1 aromatic heterocycles. The molecule has 0 unspecified atom stereocenters. The highest BCUT2D eigenvalue weighted by Crippen LogP contribution is 2.04. The predicted molar refractivity (Wildman–Crippen MR) is 45.8 cm³/mol. The molecule has 5 heteroatoms. The summed E-state index contributed by atoms with van der Waals surface area (Å²) in [4.78, 5) is 0. The van der Waals surface area contributed by atoms with Gasteiger partial charge in [-0.3, -0.25) is 0 Å². The van der Waals surface area contributed by atoms with Gasteiger partial charge in [-0.05, 0) is 13.3 Å². The Labute approximate surface area is 76.6 Å². The van der Waals surface area contributed by atoms with Crippen molar-refractivity contribution in [1.82, 2.24) is 15.0 Å². The summed E-state index contributed by atoms with van der Waals surface area (Å²) < 4.78 is 1.71. The first kappa shape index (κ1) is 9.68. The smallest absolute Gasteiger partial charge is 0.0996 e. The molecule has 0 aromatic carbocycles. The molecule has 0 aliphatic rings. The van der Waals surface area contributed by atoms with Crippen LogP contribution in [0.5, 0.6) is 0 Å². The number of hydrogen-bond acceptors (Lipinski definition) is 4. The third kappa shape index (κ3) is 2.26. The summed E-state index contributed by atoms with van der Waals surface area (Å²) in [6, 6.07) is 2.03. The fraction of sp³-hybridized carbons (Fsp3) is 0.625. The number of aryl methyl sites for hydroxylation is 1. The quantitative estimate of drug-likeness (QED) is 0.709. The summed E-state index contributed by atoms with van der Waals surface area (Å²) in [6.45, 7) is 2.68. The Morgan fingerprint density at radius 2 is 2.38 bits per heavy atom. The van der Waals surface area contributed by atoms with Gasteiger partial charge in [0.05, 0.1) is 23.9 Å². The largest absolute Gasteiger partial charge is 0.396 e. The molecule has 1 rings (SSSR count). The fourth-order valence-electron chi connectivity index (χ4n) is 1.07. The van der Waals surface area contributed by atoms with Gasteiger partial charge in [-0.15, -0.1) is 5.10 Å². The fourth-order valence-corrected chi connectivity index (χ4v) is 1.07. The lowest BCUT2D eigenvalue weighted by Gasteiger charge is -2.00. The molecule has 5 nitrogen and oxygen atoms in total. The summed E-state index contributed by atoms with van der Waals surface area (Å²) in [5, 5.41) is 24.8. The van der Waals surface area contributed by atoms with Gasteiger partial charge in [0, 0.05) is 13.2 Å². The predicted octanol–water partition coefficient (Wildman–Crippen LogP) is 0.0350. The Morgan fingerprint density at radius 3 is 3.00 bits per heavy atom. The molecule has 0 saturated carbocycles. The van der Waals surface area contributed by atoms with Gasteiger partial charge in [0.15, 0.2) is 0 Å². The van der Waals surface area contributed by atoms with E-state index < -0.39 is 0 Å². The van der Waals surface area contributed by atoms with Crippen molar-refractivity contribution in [3.8, 4) is 6.07 Å². The second-order valence-electron chi connectivity index (χ2n) is 2.76. The van der Waals surface area contributed by atoms with Gasteiger partial charge in [0.1, 0.15) is 0 Å². The molecular formula is C8H12N4O. The highest BCUT2D eigenvalue weighted by atomic mass is 16.3. The molecule has 1 N–H and O–H groups in total. The first-order chi connectivity index (χ1) is 6.29. The van der Waals surface area contributed by atoms with Crippen molar-refractivity contribution < 1.29 is 5.11 Å². The number of nitrogens with zero attached hydrogens (tertiary/aromatic N) is 4. The number of aliphatic hydroxyl groups is 1. The average Bonchev–Trinajstić information content (AvgIpc) is 2.46. The zero-order chi connectivity index (χ0) is 9.68. The summed E-state index contributed by atoms with van der Waals surface area (Å²) in [5.74, 6) is 0. The molecule has 70 valence electrons. The Bertz CT molecular complexity index is 312. The molecule has 1 aromatic rings. The zero-order valence-corrected chi connectivity index (χ0v) is 7.56. The maximum atomic E-state index is 8.61. The Morgan fingerprint density at radius 1 is 1.62 bits per heavy atom. The minimum atomic E-state index is 0.146. The maximum Gasteiger partial charge on any atom is 0.0996 e. The number of nitriles is 1. The van der Waals surface area contributed by atoms with Crippen LogP contribution < -0.4 is 0 Å². The first-order valence-corrected chi connectivity index (χ1v) is 4.16. The normalized spacial score (nSPS) is 9.92. The van der Waals surface area contributed by atoms with Crippen molar-refractivity contribution in [3.05, 3.63) is 11.4 Å². The average molecular weight is 180 g/mol. The van der Waals surface area contributed by atoms with Gasteiger partial charge in [-0.2, -0.15) is 5.26 Å². The van der Waals surface area contributed by atoms with E-state index >= 15 is 0 Å². The van der Waals surface area contributed by atoms with Crippen molar-refractivity contribution in [2.45, 2.75) is 26.3 Å². The maximum absolute atomic E-state index is 8.61. The van der Waals surface area contributed by atoms with E-state index in [4.69, 9.17) is 10.4 Å². The van der Waals surface area contributed by atoms with Crippen molar-refractivity contribution in [1.29, 1.82) is 5.26 Å². The summed E-state index contributed by atoms with van der Waals surface area (Å²) in [7, 11) is 0. The molecule has 0 aliphatic carbocycles. The number of rotatable bonds is 4. The molecule has 0 spiro atoms. The molecule has 0 radical (unpaired) electrons. The highest BCUT2D eigenvalue weighted by molar-refractivity contribution is 5.11. The van der Waals surface area contributed by atoms with Crippen molar-refractivity contribution in [2.24, 2.45) is 0 Å². The molecule has 0 bridgehead atoms. The Balaban J connectivity index is 2.69. The van der Waals surface area contributed by atoms with Gasteiger partial charge < -0.3 is 5.11 Å². The van der Waals surface area contributed by atoms with Crippen LogP contribution in [0.25, 0.3) is 0 Å². The zero-order valence-electron chi connectivity index (χ0n) is 7.56. The minimum Gasteiger partial charge on any atom is -0.396 e. The van der Waals surface area contributed by atoms with E-state index in [1.54, 1.807) is 4.68 Å². The van der Waals surface area contributed by atoms with Gasteiger partial charge in [-0.1, -0.05) is 5.21 Å². The van der Waals surface area contributed by atoms with E-state index in [1.807, 2.05) is 13.0 Å². The van der Waals surface area contributed by atoms with E-state index in [-0.39, 0.29) is 6.61 Å². The molecular weight excluding hydrogens is 168 g/mol. The van der Waals surface area contributed by atoms with Crippen LogP contribution in [-0.4, -0.2) is 26.7 Å². The second kappa shape index (κ2) is 4.58. The summed E-state index contributed by atoms with van der Waals surface area (Å²) >= 11 is 0.